The van der Waals surface area contributed by atoms with Crippen molar-refractivity contribution < 1.29 is 12.8 Å². The maximum Gasteiger partial charge on any atom is 0.154 e. The first-order valence-electron chi connectivity index (χ1n) is 6.59. The van der Waals surface area contributed by atoms with Crippen LogP contribution in [0.2, 0.25) is 0 Å². The molecule has 1 aromatic heterocycles. The lowest BCUT2D eigenvalue weighted by Gasteiger charge is -2.19. The van der Waals surface area contributed by atoms with Gasteiger partial charge in [-0.05, 0) is 31.4 Å². The Balaban J connectivity index is 1.98. The fraction of sp³-hybridized carbons (Fsp3) is 0.615. The van der Waals surface area contributed by atoms with Crippen molar-refractivity contribution in [3.05, 3.63) is 29.8 Å². The van der Waals surface area contributed by atoms with Crippen LogP contribution < -0.4 is 5.32 Å². The summed E-state index contributed by atoms with van der Waals surface area (Å²) in [7, 11) is -2.92. The van der Waals surface area contributed by atoms with E-state index in [1.54, 1.807) is 6.07 Å². The minimum absolute atomic E-state index is 0.0311. The Labute approximate surface area is 113 Å². The summed E-state index contributed by atoms with van der Waals surface area (Å²) in [5.74, 6) is -0.0673. The van der Waals surface area contributed by atoms with Crippen molar-refractivity contribution in [3.63, 3.8) is 0 Å². The highest BCUT2D eigenvalue weighted by Gasteiger charge is 2.31. The second kappa shape index (κ2) is 5.96. The van der Waals surface area contributed by atoms with Crippen LogP contribution in [-0.4, -0.2) is 30.9 Å². The van der Waals surface area contributed by atoms with E-state index in [1.807, 2.05) is 6.92 Å². The van der Waals surface area contributed by atoms with E-state index in [4.69, 9.17) is 0 Å². The molecule has 0 spiro atoms. The van der Waals surface area contributed by atoms with E-state index in [1.165, 1.54) is 12.3 Å². The van der Waals surface area contributed by atoms with Crippen LogP contribution in [0.5, 0.6) is 0 Å². The summed E-state index contributed by atoms with van der Waals surface area (Å²) in [5, 5.41) is 2.95. The van der Waals surface area contributed by atoms with Crippen molar-refractivity contribution in [1.82, 2.24) is 10.3 Å². The molecular weight excluding hydrogens is 267 g/mol. The maximum atomic E-state index is 12.8. The standard InChI is InChI=1S/C13H19FN2O2S/c1-2-12(13-6-5-10(14)8-15-13)16-9-11-4-3-7-19(11,17)18/h5-6,8,11-12,16H,2-4,7,9H2,1H3. The molecule has 1 fully saturated rings. The average molecular weight is 286 g/mol. The zero-order chi connectivity index (χ0) is 13.9. The van der Waals surface area contributed by atoms with Gasteiger partial charge in [0, 0.05) is 12.6 Å². The Bertz CT molecular complexity index is 516. The van der Waals surface area contributed by atoms with E-state index in [2.05, 4.69) is 10.3 Å². The molecular formula is C13H19FN2O2S. The molecule has 1 saturated heterocycles. The highest BCUT2D eigenvalue weighted by molar-refractivity contribution is 7.92. The Kier molecular flexibility index (Phi) is 4.52. The monoisotopic (exact) mass is 286 g/mol. The molecule has 0 radical (unpaired) electrons. The van der Waals surface area contributed by atoms with Crippen LogP contribution in [0.4, 0.5) is 4.39 Å². The number of nitrogens with zero attached hydrogens (tertiary/aromatic N) is 1. The van der Waals surface area contributed by atoms with Crippen LogP contribution in [0, 0.1) is 5.82 Å². The number of sulfone groups is 1. The van der Waals surface area contributed by atoms with Gasteiger partial charge in [0.2, 0.25) is 0 Å². The number of aromatic nitrogens is 1. The topological polar surface area (TPSA) is 59.1 Å². The predicted molar refractivity (Wildman–Crippen MR) is 72.0 cm³/mol. The van der Waals surface area contributed by atoms with Crippen LogP contribution in [0.25, 0.3) is 0 Å². The minimum atomic E-state index is -2.92. The lowest BCUT2D eigenvalue weighted by molar-refractivity contribution is 0.491. The summed E-state index contributed by atoms with van der Waals surface area (Å²) in [4.78, 5) is 4.04. The Morgan fingerprint density at radius 1 is 1.53 bits per heavy atom. The zero-order valence-corrected chi connectivity index (χ0v) is 11.8. The summed E-state index contributed by atoms with van der Waals surface area (Å²) in [6, 6.07) is 2.98. The van der Waals surface area contributed by atoms with Gasteiger partial charge in [0.15, 0.2) is 9.84 Å². The van der Waals surface area contributed by atoms with Gasteiger partial charge in [0.25, 0.3) is 0 Å². The molecule has 1 aliphatic rings. The summed E-state index contributed by atoms with van der Waals surface area (Å²) < 4.78 is 36.3. The van der Waals surface area contributed by atoms with Gasteiger partial charge in [-0.15, -0.1) is 0 Å². The molecule has 106 valence electrons. The van der Waals surface area contributed by atoms with Gasteiger partial charge in [-0.25, -0.2) is 12.8 Å². The first-order chi connectivity index (χ1) is 9.03. The molecule has 1 aromatic rings. The Morgan fingerprint density at radius 2 is 2.32 bits per heavy atom. The number of pyridine rings is 1. The minimum Gasteiger partial charge on any atom is -0.307 e. The lowest BCUT2D eigenvalue weighted by atomic mass is 10.1. The molecule has 2 unspecified atom stereocenters. The first-order valence-corrected chi connectivity index (χ1v) is 8.31. The number of rotatable bonds is 5. The molecule has 2 heterocycles. The highest BCUT2D eigenvalue weighted by Crippen LogP contribution is 2.21. The first kappa shape index (κ1) is 14.4. The molecule has 0 aromatic carbocycles. The van der Waals surface area contributed by atoms with Gasteiger partial charge >= 0.3 is 0 Å². The molecule has 0 bridgehead atoms. The molecule has 0 saturated carbocycles. The number of hydrogen-bond acceptors (Lipinski definition) is 4. The van der Waals surface area contributed by atoms with Gasteiger partial charge in [-0.2, -0.15) is 0 Å². The summed E-state index contributed by atoms with van der Waals surface area (Å²) in [6.07, 6.45) is 3.44. The Morgan fingerprint density at radius 3 is 2.84 bits per heavy atom. The highest BCUT2D eigenvalue weighted by atomic mass is 32.2. The third-order valence-corrected chi connectivity index (χ3v) is 5.85. The zero-order valence-electron chi connectivity index (χ0n) is 11.0. The van der Waals surface area contributed by atoms with Gasteiger partial charge in [0.1, 0.15) is 5.82 Å². The van der Waals surface area contributed by atoms with E-state index >= 15 is 0 Å². The van der Waals surface area contributed by atoms with Gasteiger partial charge in [-0.3, -0.25) is 4.98 Å². The lowest BCUT2D eigenvalue weighted by Crippen LogP contribution is -2.33. The smallest absolute Gasteiger partial charge is 0.154 e. The van der Waals surface area contributed by atoms with Crippen LogP contribution in [0.3, 0.4) is 0 Å². The molecule has 6 heteroatoms. The van der Waals surface area contributed by atoms with Gasteiger partial charge in [0.05, 0.1) is 22.9 Å². The second-order valence-electron chi connectivity index (χ2n) is 4.90. The predicted octanol–water partition coefficient (Wildman–Crippen LogP) is 1.84. The normalized spacial score (nSPS) is 23.4. The van der Waals surface area contributed by atoms with Crippen molar-refractivity contribution in [2.75, 3.05) is 12.3 Å². The molecule has 1 aliphatic heterocycles. The van der Waals surface area contributed by atoms with Crippen LogP contribution in [-0.2, 0) is 9.84 Å². The maximum absolute atomic E-state index is 12.8. The van der Waals surface area contributed by atoms with E-state index < -0.39 is 9.84 Å². The second-order valence-corrected chi connectivity index (χ2v) is 7.30. The average Bonchev–Trinajstić information content (AvgIpc) is 2.71. The number of hydrogen-bond donors (Lipinski definition) is 1. The van der Waals surface area contributed by atoms with Crippen LogP contribution >= 0.6 is 0 Å². The number of nitrogens with one attached hydrogen (secondary N) is 1. The van der Waals surface area contributed by atoms with Gasteiger partial charge in [-0.1, -0.05) is 6.92 Å². The SMILES string of the molecule is CCC(NCC1CCCS1(=O)=O)c1ccc(F)cn1. The van der Waals surface area contributed by atoms with Crippen LogP contribution in [0.15, 0.2) is 18.3 Å². The third-order valence-electron chi connectivity index (χ3n) is 3.57. The molecule has 2 atom stereocenters. The van der Waals surface area contributed by atoms with Crippen molar-refractivity contribution in [2.24, 2.45) is 0 Å². The summed E-state index contributed by atoms with van der Waals surface area (Å²) in [6.45, 7) is 2.44. The summed E-state index contributed by atoms with van der Waals surface area (Å²) >= 11 is 0. The van der Waals surface area contributed by atoms with Crippen molar-refractivity contribution in [3.8, 4) is 0 Å². The van der Waals surface area contributed by atoms with E-state index in [0.717, 1.165) is 25.0 Å². The third kappa shape index (κ3) is 3.51. The van der Waals surface area contributed by atoms with Crippen LogP contribution in [0.1, 0.15) is 37.9 Å². The van der Waals surface area contributed by atoms with Crippen molar-refractivity contribution in [2.45, 2.75) is 37.5 Å². The van der Waals surface area contributed by atoms with E-state index in [-0.39, 0.29) is 17.1 Å². The largest absolute Gasteiger partial charge is 0.307 e. The molecule has 19 heavy (non-hydrogen) atoms. The molecule has 1 N–H and O–H groups in total. The van der Waals surface area contributed by atoms with Crippen molar-refractivity contribution >= 4 is 9.84 Å². The van der Waals surface area contributed by atoms with Crippen molar-refractivity contribution in [1.29, 1.82) is 0 Å². The fourth-order valence-electron chi connectivity index (χ4n) is 2.41. The summed E-state index contributed by atoms with van der Waals surface area (Å²) in [5.41, 5.74) is 0.749. The Hall–Kier alpha value is -1.01. The number of halogens is 1. The van der Waals surface area contributed by atoms with E-state index in [9.17, 15) is 12.8 Å². The van der Waals surface area contributed by atoms with E-state index in [0.29, 0.717) is 12.3 Å². The molecule has 0 aliphatic carbocycles. The quantitative estimate of drug-likeness (QED) is 0.897. The fourth-order valence-corrected chi connectivity index (χ4v) is 4.19. The van der Waals surface area contributed by atoms with Gasteiger partial charge < -0.3 is 5.32 Å². The molecule has 2 rings (SSSR count). The molecule has 0 amide bonds. The molecule has 4 nitrogen and oxygen atoms in total.